The molecule has 1 aromatic rings. The maximum atomic E-state index is 10.5. The largest absolute Gasteiger partial charge is 0.271 e. The van der Waals surface area contributed by atoms with E-state index in [-0.39, 0.29) is 8.46 Å². The van der Waals surface area contributed by atoms with Crippen molar-refractivity contribution in [3.05, 3.63) is 23.9 Å². The Morgan fingerprint density at radius 1 is 1.67 bits per heavy atom. The Kier molecular flexibility index (Phi) is 3.44. The number of aromatic amines is 1. The summed E-state index contributed by atoms with van der Waals surface area (Å²) in [6, 6.07) is 3.79. The molecule has 0 radical (unpaired) electrons. The van der Waals surface area contributed by atoms with E-state index in [0.717, 1.165) is 18.4 Å². The van der Waals surface area contributed by atoms with Crippen LogP contribution in [-0.2, 0) is 11.0 Å². The lowest BCUT2D eigenvalue weighted by Gasteiger charge is -1.92. The first-order chi connectivity index (χ1) is 5.86. The van der Waals surface area contributed by atoms with Gasteiger partial charge in [-0.2, -0.15) is 0 Å². The molecular formula is C9H9NOP+. The normalized spacial score (nSPS) is 9.58. The molecule has 0 spiro atoms. The molecule has 2 nitrogen and oxygen atoms in total. The molecule has 1 rings (SSSR count). The van der Waals surface area contributed by atoms with Crippen molar-refractivity contribution >= 4 is 13.9 Å². The maximum absolute atomic E-state index is 10.5. The molecule has 0 saturated carbocycles. The van der Waals surface area contributed by atoms with Gasteiger partial charge in [-0.05, 0) is 12.0 Å². The van der Waals surface area contributed by atoms with E-state index in [2.05, 4.69) is 10.9 Å². The highest BCUT2D eigenvalue weighted by molar-refractivity contribution is 7.33. The Hall–Kier alpha value is -1.19. The third-order valence-corrected chi connectivity index (χ3v) is 1.96. The van der Waals surface area contributed by atoms with Crippen molar-refractivity contribution in [1.29, 1.82) is 0 Å². The molecule has 0 aliphatic heterocycles. The minimum Gasteiger partial charge on any atom is -0.263 e. The summed E-state index contributed by atoms with van der Waals surface area (Å²) < 4.78 is 10.5. The van der Waals surface area contributed by atoms with Gasteiger partial charge >= 0.3 is 0 Å². The highest BCUT2D eigenvalue weighted by Gasteiger charge is 2.00. The lowest BCUT2D eigenvalue weighted by molar-refractivity contribution is -0.355. The number of pyridine rings is 1. The first-order valence-electron chi connectivity index (χ1n) is 3.64. The van der Waals surface area contributed by atoms with Crippen LogP contribution in [0.5, 0.6) is 0 Å². The Bertz CT molecular complexity index is 317. The summed E-state index contributed by atoms with van der Waals surface area (Å²) in [5.41, 5.74) is 1.80. The maximum Gasteiger partial charge on any atom is 0.271 e. The van der Waals surface area contributed by atoms with Crippen molar-refractivity contribution in [2.24, 2.45) is 0 Å². The summed E-state index contributed by atoms with van der Waals surface area (Å²) in [6.45, 7) is 0. The summed E-state index contributed by atoms with van der Waals surface area (Å²) in [5.74, 6) is 2.56. The van der Waals surface area contributed by atoms with Gasteiger partial charge in [0.15, 0.2) is 6.20 Å². The average Bonchev–Trinajstić information content (AvgIpc) is 2.15. The van der Waals surface area contributed by atoms with Gasteiger partial charge in [0.05, 0.1) is 0 Å². The van der Waals surface area contributed by atoms with Crippen molar-refractivity contribution in [3.8, 4) is 12.3 Å². The molecule has 0 aliphatic rings. The van der Waals surface area contributed by atoms with E-state index in [4.69, 9.17) is 6.42 Å². The van der Waals surface area contributed by atoms with Gasteiger partial charge < -0.3 is 0 Å². The number of nitrogens with one attached hydrogen (secondary N) is 1. The predicted octanol–water partition coefficient (Wildman–Crippen LogP) is 0.984. The van der Waals surface area contributed by atoms with Gasteiger partial charge in [0.1, 0.15) is 0 Å². The molecule has 0 atom stereocenters. The highest BCUT2D eigenvalue weighted by atomic mass is 31.1. The van der Waals surface area contributed by atoms with E-state index in [1.807, 2.05) is 12.1 Å². The monoisotopic (exact) mass is 178 g/mol. The van der Waals surface area contributed by atoms with Crippen LogP contribution in [0, 0.1) is 12.3 Å². The third-order valence-electron chi connectivity index (χ3n) is 1.51. The summed E-state index contributed by atoms with van der Waals surface area (Å²) in [7, 11) is 0.0168. The van der Waals surface area contributed by atoms with Crippen molar-refractivity contribution in [2.45, 2.75) is 12.8 Å². The molecule has 1 aromatic heterocycles. The lowest BCUT2D eigenvalue weighted by atomic mass is 10.1. The molecule has 60 valence electrons. The number of aryl methyl sites for hydroxylation is 1. The Morgan fingerprint density at radius 3 is 3.17 bits per heavy atom. The van der Waals surface area contributed by atoms with Crippen LogP contribution in [0.2, 0.25) is 0 Å². The summed E-state index contributed by atoms with van der Waals surface area (Å²) >= 11 is 0. The molecule has 0 bridgehead atoms. The number of H-pyrrole nitrogens is 1. The second-order valence-electron chi connectivity index (χ2n) is 2.38. The fourth-order valence-corrected chi connectivity index (χ4v) is 1.27. The second kappa shape index (κ2) is 4.64. The molecule has 1 N–H and O–H groups in total. The first-order valence-corrected chi connectivity index (χ1v) is 4.45. The van der Waals surface area contributed by atoms with E-state index < -0.39 is 0 Å². The lowest BCUT2D eigenvalue weighted by Crippen LogP contribution is -2.20. The van der Waals surface area contributed by atoms with E-state index in [1.165, 1.54) is 0 Å². The Morgan fingerprint density at radius 2 is 2.50 bits per heavy atom. The fraction of sp³-hybridized carbons (Fsp3) is 0.222. The number of hydrogen-bond acceptors (Lipinski definition) is 1. The molecular weight excluding hydrogens is 169 g/mol. The van der Waals surface area contributed by atoms with Crippen molar-refractivity contribution in [3.63, 3.8) is 0 Å². The standard InChI is InChI=1S/C9H8NOP/c1-2-3-4-8-5-6-10-9(7-8)12-11/h1,5-7H,3-4H2/p+1. The smallest absolute Gasteiger partial charge is 0.263 e. The van der Waals surface area contributed by atoms with Crippen LogP contribution in [-0.4, -0.2) is 0 Å². The van der Waals surface area contributed by atoms with Gasteiger partial charge in [0.25, 0.3) is 13.9 Å². The molecule has 0 amide bonds. The van der Waals surface area contributed by atoms with Crippen LogP contribution < -0.4 is 10.4 Å². The molecule has 0 unspecified atom stereocenters. The average molecular weight is 178 g/mol. The molecule has 0 fully saturated rings. The van der Waals surface area contributed by atoms with Crippen molar-refractivity contribution < 1.29 is 9.55 Å². The molecule has 0 aliphatic carbocycles. The van der Waals surface area contributed by atoms with E-state index in [1.54, 1.807) is 6.20 Å². The number of terminal acetylenes is 1. The summed E-state index contributed by atoms with van der Waals surface area (Å²) in [4.78, 5) is 2.86. The summed E-state index contributed by atoms with van der Waals surface area (Å²) in [5, 5.41) is 0. The molecule has 12 heavy (non-hydrogen) atoms. The van der Waals surface area contributed by atoms with Crippen LogP contribution in [0.4, 0.5) is 0 Å². The molecule has 0 saturated heterocycles. The zero-order valence-electron chi connectivity index (χ0n) is 6.58. The summed E-state index contributed by atoms with van der Waals surface area (Å²) in [6.07, 6.45) is 8.46. The predicted molar refractivity (Wildman–Crippen MR) is 47.4 cm³/mol. The van der Waals surface area contributed by atoms with E-state index >= 15 is 0 Å². The zero-order chi connectivity index (χ0) is 8.81. The second-order valence-corrected chi connectivity index (χ2v) is 3.04. The SMILES string of the molecule is C#CCCc1cc[nH+]c(P=O)c1. The molecule has 0 aromatic carbocycles. The van der Waals surface area contributed by atoms with Gasteiger partial charge in [0.2, 0.25) is 0 Å². The van der Waals surface area contributed by atoms with Gasteiger partial charge in [0, 0.05) is 18.6 Å². The minimum atomic E-state index is 0.0168. The van der Waals surface area contributed by atoms with Crippen LogP contribution >= 0.6 is 8.46 Å². The van der Waals surface area contributed by atoms with Crippen LogP contribution in [0.15, 0.2) is 18.3 Å². The number of aromatic nitrogens is 1. The quantitative estimate of drug-likeness (QED) is 0.501. The van der Waals surface area contributed by atoms with Crippen LogP contribution in [0.3, 0.4) is 0 Å². The van der Waals surface area contributed by atoms with Crippen LogP contribution in [0.1, 0.15) is 12.0 Å². The van der Waals surface area contributed by atoms with Gasteiger partial charge in [-0.3, -0.25) is 4.57 Å². The zero-order valence-corrected chi connectivity index (χ0v) is 7.47. The van der Waals surface area contributed by atoms with E-state index in [0.29, 0.717) is 5.44 Å². The number of hydrogen-bond donors (Lipinski definition) is 0. The first kappa shape index (κ1) is 8.90. The van der Waals surface area contributed by atoms with Crippen molar-refractivity contribution in [2.75, 3.05) is 0 Å². The fourth-order valence-electron chi connectivity index (χ4n) is 0.924. The van der Waals surface area contributed by atoms with Gasteiger partial charge in [-0.15, -0.1) is 12.3 Å². The van der Waals surface area contributed by atoms with Crippen molar-refractivity contribution in [1.82, 2.24) is 0 Å². The number of rotatable bonds is 3. The molecule has 1 heterocycles. The topological polar surface area (TPSA) is 31.2 Å². The Balaban J connectivity index is 2.74. The minimum absolute atomic E-state index is 0.0168. The van der Waals surface area contributed by atoms with Gasteiger partial charge in [-0.1, -0.05) is 0 Å². The van der Waals surface area contributed by atoms with Gasteiger partial charge in [-0.25, -0.2) is 4.98 Å². The van der Waals surface area contributed by atoms with E-state index in [9.17, 15) is 4.57 Å². The highest BCUT2D eigenvalue weighted by Crippen LogP contribution is 2.00. The third kappa shape index (κ3) is 2.45. The molecule has 3 heteroatoms. The van der Waals surface area contributed by atoms with Crippen LogP contribution in [0.25, 0.3) is 0 Å². The Labute approximate surface area is 73.2 Å².